The van der Waals surface area contributed by atoms with Crippen molar-refractivity contribution in [3.63, 3.8) is 0 Å². The molecule has 0 aromatic carbocycles. The zero-order valence-corrected chi connectivity index (χ0v) is 19.3. The highest BCUT2D eigenvalue weighted by Crippen LogP contribution is 2.38. The molecule has 2 heterocycles. The first kappa shape index (κ1) is 22.9. The number of aliphatic imine (C=N–C) groups is 1. The van der Waals surface area contributed by atoms with Crippen LogP contribution in [0.3, 0.4) is 0 Å². The lowest BCUT2D eigenvalue weighted by Gasteiger charge is -2.44. The Bertz CT molecular complexity index is 612. The Morgan fingerprint density at radius 2 is 2.04 bits per heavy atom. The van der Waals surface area contributed by atoms with Crippen molar-refractivity contribution in [2.75, 3.05) is 31.2 Å². The third kappa shape index (κ3) is 6.88. The van der Waals surface area contributed by atoms with E-state index in [-0.39, 0.29) is 41.2 Å². The zero-order valence-electron chi connectivity index (χ0n) is 16.1. The summed E-state index contributed by atoms with van der Waals surface area (Å²) in [5.41, 5.74) is 0.0528. The van der Waals surface area contributed by atoms with Gasteiger partial charge in [0, 0.05) is 25.7 Å². The number of guanidine groups is 1. The van der Waals surface area contributed by atoms with Crippen LogP contribution >= 0.6 is 24.0 Å². The van der Waals surface area contributed by atoms with Crippen LogP contribution in [0.1, 0.15) is 51.4 Å². The molecule has 0 radical (unpaired) electrons. The number of hydrogen-bond acceptors (Lipinski definition) is 4. The Hall–Kier alpha value is -0.350. The van der Waals surface area contributed by atoms with Gasteiger partial charge in [-0.1, -0.05) is 25.3 Å². The van der Waals surface area contributed by atoms with Gasteiger partial charge < -0.3 is 15.4 Å². The van der Waals surface area contributed by atoms with E-state index in [0.29, 0.717) is 24.9 Å². The van der Waals surface area contributed by atoms with Gasteiger partial charge in [-0.25, -0.2) is 8.42 Å². The summed E-state index contributed by atoms with van der Waals surface area (Å²) in [5, 5.41) is 6.85. The number of sulfone groups is 1. The maximum atomic E-state index is 11.6. The average molecular weight is 511 g/mol. The summed E-state index contributed by atoms with van der Waals surface area (Å²) >= 11 is 0. The molecule has 1 aliphatic carbocycles. The number of nitrogens with zero attached hydrogens (tertiary/aromatic N) is 1. The van der Waals surface area contributed by atoms with Gasteiger partial charge in [0.25, 0.3) is 0 Å². The second kappa shape index (κ2) is 10.4. The minimum Gasteiger partial charge on any atom is -0.375 e. The van der Waals surface area contributed by atoms with Crippen molar-refractivity contribution in [1.29, 1.82) is 0 Å². The summed E-state index contributed by atoms with van der Waals surface area (Å²) in [6.45, 7) is 5.76. The molecule has 2 N–H and O–H groups in total. The lowest BCUT2D eigenvalue weighted by Crippen LogP contribution is -2.52. The highest BCUT2D eigenvalue weighted by molar-refractivity contribution is 14.0. The largest absolute Gasteiger partial charge is 0.375 e. The third-order valence-electron chi connectivity index (χ3n) is 5.85. The van der Waals surface area contributed by atoms with Gasteiger partial charge in [-0.15, -0.1) is 30.6 Å². The quantitative estimate of drug-likeness (QED) is 0.257. The van der Waals surface area contributed by atoms with Crippen molar-refractivity contribution in [3.8, 4) is 0 Å². The minimum atomic E-state index is -2.85. The van der Waals surface area contributed by atoms with Gasteiger partial charge in [0.05, 0.1) is 17.1 Å². The number of nitrogens with one attached hydrogen (secondary N) is 2. The van der Waals surface area contributed by atoms with Crippen LogP contribution in [0, 0.1) is 5.92 Å². The third-order valence-corrected chi connectivity index (χ3v) is 7.68. The molecule has 0 bridgehead atoms. The normalized spacial score (nSPS) is 29.7. The Kier molecular flexibility index (Phi) is 8.86. The molecule has 156 valence electrons. The van der Waals surface area contributed by atoms with Crippen molar-refractivity contribution in [2.24, 2.45) is 10.9 Å². The first-order chi connectivity index (χ1) is 12.5. The molecule has 1 saturated carbocycles. The van der Waals surface area contributed by atoms with E-state index in [1.807, 2.05) is 6.08 Å². The van der Waals surface area contributed by atoms with Crippen molar-refractivity contribution < 1.29 is 13.2 Å². The van der Waals surface area contributed by atoms with E-state index in [9.17, 15) is 8.42 Å². The fraction of sp³-hybridized carbons (Fsp3) is 0.842. The Labute approximate surface area is 180 Å². The second-order valence-corrected chi connectivity index (χ2v) is 10.3. The molecule has 3 rings (SSSR count). The van der Waals surface area contributed by atoms with Crippen molar-refractivity contribution in [3.05, 3.63) is 12.7 Å². The molecule has 3 fully saturated rings. The van der Waals surface area contributed by atoms with Gasteiger partial charge >= 0.3 is 0 Å². The average Bonchev–Trinajstić information content (AvgIpc) is 2.97. The zero-order chi connectivity index (χ0) is 18.5. The van der Waals surface area contributed by atoms with Crippen LogP contribution in [0.5, 0.6) is 0 Å². The van der Waals surface area contributed by atoms with Crippen LogP contribution in [0.25, 0.3) is 0 Å². The Morgan fingerprint density at radius 1 is 1.26 bits per heavy atom. The van der Waals surface area contributed by atoms with Crippen LogP contribution in [0.2, 0.25) is 0 Å². The fourth-order valence-electron chi connectivity index (χ4n) is 4.45. The van der Waals surface area contributed by atoms with Crippen LogP contribution in [0.4, 0.5) is 0 Å². The molecule has 2 aliphatic heterocycles. The summed E-state index contributed by atoms with van der Waals surface area (Å²) in [4.78, 5) is 4.68. The van der Waals surface area contributed by atoms with Crippen molar-refractivity contribution in [1.82, 2.24) is 10.6 Å². The number of halogens is 1. The minimum absolute atomic E-state index is 0. The lowest BCUT2D eigenvalue weighted by molar-refractivity contribution is -0.107. The van der Waals surface area contributed by atoms with Gasteiger partial charge in [0.1, 0.15) is 0 Å². The molecule has 2 unspecified atom stereocenters. The Balaban J connectivity index is 0.00000261. The first-order valence-electron chi connectivity index (χ1n) is 10.0. The van der Waals surface area contributed by atoms with Gasteiger partial charge in [-0.05, 0) is 38.0 Å². The summed E-state index contributed by atoms with van der Waals surface area (Å²) < 4.78 is 29.5. The highest BCUT2D eigenvalue weighted by atomic mass is 127. The summed E-state index contributed by atoms with van der Waals surface area (Å²) in [5.74, 6) is 1.48. The summed E-state index contributed by atoms with van der Waals surface area (Å²) in [6.07, 6.45) is 10.7. The maximum Gasteiger partial charge on any atom is 0.191 e. The molecular formula is C19H34IN3O3S. The number of rotatable bonds is 5. The molecule has 3 aliphatic rings. The molecule has 0 aromatic heterocycles. The van der Waals surface area contributed by atoms with E-state index >= 15 is 0 Å². The number of hydrogen-bond donors (Lipinski definition) is 2. The summed E-state index contributed by atoms with van der Waals surface area (Å²) in [7, 11) is -2.85. The van der Waals surface area contributed by atoms with Crippen molar-refractivity contribution >= 4 is 39.8 Å². The topological polar surface area (TPSA) is 79.8 Å². The van der Waals surface area contributed by atoms with Gasteiger partial charge in [0.15, 0.2) is 15.8 Å². The SMILES string of the molecule is C=CCNC(=NCC1CCS(=O)(=O)C1)NC1CCOC2(CCCCC2)C1.I. The standard InChI is InChI=1S/C19H33N3O3S.HI/c1-2-10-20-18(21-14-16-7-12-26(23,24)15-16)22-17-6-11-25-19(13-17)8-4-3-5-9-19;/h2,16-17H,1,3-15H2,(H2,20,21,22);1H. The Morgan fingerprint density at radius 3 is 2.70 bits per heavy atom. The van der Waals surface area contributed by atoms with Crippen LogP contribution in [0.15, 0.2) is 17.6 Å². The summed E-state index contributed by atoms with van der Waals surface area (Å²) in [6, 6.07) is 0.352. The second-order valence-electron chi connectivity index (χ2n) is 8.05. The molecule has 27 heavy (non-hydrogen) atoms. The van der Waals surface area contributed by atoms with Gasteiger partial charge in [0.2, 0.25) is 0 Å². The van der Waals surface area contributed by atoms with E-state index in [4.69, 9.17) is 4.74 Å². The fourth-order valence-corrected chi connectivity index (χ4v) is 6.30. The highest BCUT2D eigenvalue weighted by Gasteiger charge is 2.38. The van der Waals surface area contributed by atoms with Crippen LogP contribution in [-0.2, 0) is 14.6 Å². The van der Waals surface area contributed by atoms with E-state index in [0.717, 1.165) is 44.7 Å². The van der Waals surface area contributed by atoms with E-state index < -0.39 is 9.84 Å². The predicted molar refractivity (Wildman–Crippen MR) is 121 cm³/mol. The molecule has 8 heteroatoms. The molecule has 2 saturated heterocycles. The van der Waals surface area contributed by atoms with Gasteiger partial charge in [-0.3, -0.25) is 4.99 Å². The smallest absolute Gasteiger partial charge is 0.191 e. The van der Waals surface area contributed by atoms with Crippen LogP contribution in [-0.4, -0.2) is 57.2 Å². The molecule has 0 amide bonds. The molecule has 1 spiro atoms. The molecule has 6 nitrogen and oxygen atoms in total. The van der Waals surface area contributed by atoms with Crippen LogP contribution < -0.4 is 10.6 Å². The first-order valence-corrected chi connectivity index (χ1v) is 11.8. The van der Waals surface area contributed by atoms with Gasteiger partial charge in [-0.2, -0.15) is 0 Å². The molecule has 0 aromatic rings. The monoisotopic (exact) mass is 511 g/mol. The molecule has 2 atom stereocenters. The van der Waals surface area contributed by atoms with E-state index in [1.54, 1.807) is 0 Å². The lowest BCUT2D eigenvalue weighted by atomic mass is 9.78. The van der Waals surface area contributed by atoms with Crippen molar-refractivity contribution in [2.45, 2.75) is 63.0 Å². The maximum absolute atomic E-state index is 11.6. The number of ether oxygens (including phenoxy) is 1. The van der Waals surface area contributed by atoms with E-state index in [2.05, 4.69) is 22.2 Å². The predicted octanol–water partition coefficient (Wildman–Crippen LogP) is 2.64. The van der Waals surface area contributed by atoms with E-state index in [1.165, 1.54) is 19.3 Å². The molecular weight excluding hydrogens is 477 g/mol.